The van der Waals surface area contributed by atoms with Crippen LogP contribution < -0.4 is 0 Å². The minimum Gasteiger partial charge on any atom is -0.412 e. The topological polar surface area (TPSA) is 52.6 Å². The predicted molar refractivity (Wildman–Crippen MR) is 177 cm³/mol. The lowest BCUT2D eigenvalue weighted by molar-refractivity contribution is -0.153. The van der Waals surface area contributed by atoms with Gasteiger partial charge in [-0.3, -0.25) is 9.59 Å². The lowest BCUT2D eigenvalue weighted by Crippen LogP contribution is -2.44. The molecule has 0 saturated carbocycles. The van der Waals surface area contributed by atoms with Gasteiger partial charge in [0.2, 0.25) is 0 Å². The second-order valence-electron chi connectivity index (χ2n) is 15.6. The van der Waals surface area contributed by atoms with Crippen molar-refractivity contribution in [2.24, 2.45) is 28.6 Å². The van der Waals surface area contributed by atoms with E-state index < -0.39 is 8.32 Å². The van der Waals surface area contributed by atoms with Crippen LogP contribution in [-0.4, -0.2) is 25.9 Å². The number of hydrogen-bond acceptors (Lipinski definition) is 4. The van der Waals surface area contributed by atoms with E-state index in [1.54, 1.807) is 0 Å². The molecule has 4 nitrogen and oxygen atoms in total. The Morgan fingerprint density at radius 3 is 1.60 bits per heavy atom. The van der Waals surface area contributed by atoms with Crippen LogP contribution in [-0.2, 0) is 18.8 Å². The van der Waals surface area contributed by atoms with E-state index in [1.165, 1.54) is 44.9 Å². The summed E-state index contributed by atoms with van der Waals surface area (Å²) in [6.07, 6.45) is 12.6. The minimum absolute atomic E-state index is 0.202. The fraction of sp³-hybridized carbons (Fsp3) is 0.943. The van der Waals surface area contributed by atoms with Gasteiger partial charge < -0.3 is 9.16 Å². The van der Waals surface area contributed by atoms with Crippen LogP contribution in [0.2, 0.25) is 19.6 Å². The number of carbonyl (C=O) groups excluding carboxylic acids is 2. The molecule has 1 heterocycles. The first-order valence-corrected chi connectivity index (χ1v) is 20.0. The van der Waals surface area contributed by atoms with Crippen molar-refractivity contribution in [3.63, 3.8) is 0 Å². The summed E-state index contributed by atoms with van der Waals surface area (Å²) in [5.74, 6) is 0.883. The number of ether oxygens (including phenoxy) is 1. The van der Waals surface area contributed by atoms with E-state index in [2.05, 4.69) is 103 Å². The summed E-state index contributed by atoms with van der Waals surface area (Å²) < 4.78 is 11.5. The minimum atomic E-state index is -1.73. The van der Waals surface area contributed by atoms with E-state index in [9.17, 15) is 9.59 Å². The van der Waals surface area contributed by atoms with Gasteiger partial charge in [-0.05, 0) is 87.8 Å². The molecule has 5 heteroatoms. The van der Waals surface area contributed by atoms with Gasteiger partial charge in [0.25, 0.3) is 0 Å². The van der Waals surface area contributed by atoms with Gasteiger partial charge in [-0.2, -0.15) is 0 Å². The van der Waals surface area contributed by atoms with Crippen LogP contribution in [0.4, 0.5) is 0 Å². The van der Waals surface area contributed by atoms with Crippen molar-refractivity contribution in [2.45, 2.75) is 185 Å². The van der Waals surface area contributed by atoms with Gasteiger partial charge in [0.15, 0.2) is 8.32 Å². The summed E-state index contributed by atoms with van der Waals surface area (Å²) in [7, 11) is -1.73. The molecule has 3 unspecified atom stereocenters. The van der Waals surface area contributed by atoms with Crippen molar-refractivity contribution in [1.82, 2.24) is 0 Å². The molecular formula is C35H72O4Si. The first-order chi connectivity index (χ1) is 18.2. The summed E-state index contributed by atoms with van der Waals surface area (Å²) in [6.45, 7) is 34.1. The van der Waals surface area contributed by atoms with E-state index in [0.29, 0.717) is 6.42 Å². The van der Waals surface area contributed by atoms with Gasteiger partial charge in [-0.15, -0.1) is 0 Å². The number of esters is 2. The van der Waals surface area contributed by atoms with Gasteiger partial charge in [-0.25, -0.2) is 0 Å². The molecule has 1 saturated heterocycles. The molecule has 1 aliphatic rings. The number of carbonyl (C=O) groups is 2. The standard InChI is InChI=1S/C23H44O4Si.2C6H14/c1-10-13-22(5,16-21(2,3)4)17-23(6,27-28(7,8)9)14-11-12-18-15-19(24)26-20(18)25;2*1-4-6(3)5-2/h18H,10-17H2,1-9H3;2*6H,4-5H2,1-3H3. The second kappa shape index (κ2) is 19.5. The van der Waals surface area contributed by atoms with Crippen LogP contribution >= 0.6 is 0 Å². The first kappa shape index (κ1) is 41.5. The monoisotopic (exact) mass is 585 g/mol. The molecular weight excluding hydrogens is 512 g/mol. The van der Waals surface area contributed by atoms with Crippen LogP contribution in [0.3, 0.4) is 0 Å². The molecule has 0 amide bonds. The van der Waals surface area contributed by atoms with E-state index in [4.69, 9.17) is 9.16 Å². The second-order valence-corrected chi connectivity index (χ2v) is 20.0. The Bertz CT molecular complexity index is 674. The zero-order valence-electron chi connectivity index (χ0n) is 29.9. The Morgan fingerprint density at radius 2 is 1.30 bits per heavy atom. The average molecular weight is 585 g/mol. The molecule has 3 atom stereocenters. The van der Waals surface area contributed by atoms with Crippen LogP contribution in [0.15, 0.2) is 0 Å². The highest BCUT2D eigenvalue weighted by atomic mass is 28.4. The Kier molecular flexibility index (Phi) is 20.2. The average Bonchev–Trinajstić information content (AvgIpc) is 3.12. The van der Waals surface area contributed by atoms with E-state index in [-0.39, 0.29) is 40.7 Å². The summed E-state index contributed by atoms with van der Waals surface area (Å²) in [5.41, 5.74) is 0.299. The third-order valence-electron chi connectivity index (χ3n) is 8.17. The first-order valence-electron chi connectivity index (χ1n) is 16.6. The molecule has 1 aliphatic heterocycles. The maximum atomic E-state index is 11.8. The van der Waals surface area contributed by atoms with Crippen molar-refractivity contribution < 1.29 is 18.8 Å². The number of hydrogen-bond donors (Lipinski definition) is 0. The maximum Gasteiger partial charge on any atom is 0.317 e. The molecule has 0 bridgehead atoms. The third kappa shape index (κ3) is 21.1. The number of cyclic esters (lactones) is 2. The van der Waals surface area contributed by atoms with Crippen LogP contribution in [0, 0.1) is 28.6 Å². The molecule has 0 spiro atoms. The largest absolute Gasteiger partial charge is 0.412 e. The van der Waals surface area contributed by atoms with Crippen LogP contribution in [0.5, 0.6) is 0 Å². The zero-order chi connectivity index (χ0) is 31.8. The van der Waals surface area contributed by atoms with Gasteiger partial charge in [0, 0.05) is 0 Å². The van der Waals surface area contributed by atoms with Gasteiger partial charge in [-0.1, -0.05) is 108 Å². The third-order valence-corrected chi connectivity index (χ3v) is 9.28. The molecule has 240 valence electrons. The highest BCUT2D eigenvalue weighted by Crippen LogP contribution is 2.46. The normalized spacial score (nSPS) is 18.9. The van der Waals surface area contributed by atoms with Crippen molar-refractivity contribution in [2.75, 3.05) is 0 Å². The fourth-order valence-electron chi connectivity index (χ4n) is 5.98. The van der Waals surface area contributed by atoms with Crippen molar-refractivity contribution in [3.05, 3.63) is 0 Å². The highest BCUT2D eigenvalue weighted by molar-refractivity contribution is 6.69. The van der Waals surface area contributed by atoms with Gasteiger partial charge in [0.1, 0.15) is 0 Å². The lowest BCUT2D eigenvalue weighted by Gasteiger charge is -2.45. The van der Waals surface area contributed by atoms with Gasteiger partial charge >= 0.3 is 11.9 Å². The molecule has 1 rings (SSSR count). The molecule has 0 aromatic heterocycles. The van der Waals surface area contributed by atoms with Crippen LogP contribution in [0.1, 0.15) is 160 Å². The number of rotatable bonds is 15. The zero-order valence-corrected chi connectivity index (χ0v) is 30.9. The fourth-order valence-corrected chi connectivity index (χ4v) is 7.63. The quantitative estimate of drug-likeness (QED) is 0.109. The summed E-state index contributed by atoms with van der Waals surface area (Å²) in [4.78, 5) is 23.1. The van der Waals surface area contributed by atoms with Crippen LogP contribution in [0.25, 0.3) is 0 Å². The molecule has 0 aromatic rings. The molecule has 40 heavy (non-hydrogen) atoms. The Hall–Kier alpha value is -0.683. The molecule has 0 radical (unpaired) electrons. The van der Waals surface area contributed by atoms with Crippen molar-refractivity contribution in [1.29, 1.82) is 0 Å². The smallest absolute Gasteiger partial charge is 0.317 e. The van der Waals surface area contributed by atoms with E-state index in [1.807, 2.05) is 0 Å². The SMILES string of the molecule is CCC(C)CC.CCC(C)CC.CCCC(C)(CC(C)(C)C)CC(C)(CCCC1CC(=O)OC1=O)O[Si](C)(C)C. The molecule has 0 aromatic carbocycles. The summed E-state index contributed by atoms with van der Waals surface area (Å²) in [6, 6.07) is 0. The van der Waals surface area contributed by atoms with Gasteiger partial charge in [0.05, 0.1) is 17.9 Å². The van der Waals surface area contributed by atoms with E-state index >= 15 is 0 Å². The Morgan fingerprint density at radius 1 is 0.825 bits per heavy atom. The lowest BCUT2D eigenvalue weighted by atomic mass is 9.67. The molecule has 1 fully saturated rings. The molecule has 0 aliphatic carbocycles. The Labute approximate surface area is 252 Å². The maximum absolute atomic E-state index is 11.8. The van der Waals surface area contributed by atoms with Crippen molar-refractivity contribution in [3.8, 4) is 0 Å². The predicted octanol–water partition coefficient (Wildman–Crippen LogP) is 11.4. The summed E-state index contributed by atoms with van der Waals surface area (Å²) >= 11 is 0. The molecule has 0 N–H and O–H groups in total. The Balaban J connectivity index is 0. The summed E-state index contributed by atoms with van der Waals surface area (Å²) in [5, 5.41) is 0. The van der Waals surface area contributed by atoms with E-state index in [0.717, 1.165) is 31.1 Å². The highest BCUT2D eigenvalue weighted by Gasteiger charge is 2.41. The van der Waals surface area contributed by atoms with Crippen molar-refractivity contribution >= 4 is 20.3 Å².